The first kappa shape index (κ1) is 14.7. The molecule has 7 nitrogen and oxygen atoms in total. The topological polar surface area (TPSA) is 70.6 Å². The van der Waals surface area contributed by atoms with Crippen LogP contribution in [0.3, 0.4) is 0 Å². The minimum atomic E-state index is -0.379. The molecule has 2 heterocycles. The third-order valence-electron chi connectivity index (χ3n) is 3.24. The van der Waals surface area contributed by atoms with Crippen molar-refractivity contribution in [3.05, 3.63) is 17.5 Å². The Labute approximate surface area is 118 Å². The second kappa shape index (κ2) is 6.62. The van der Waals surface area contributed by atoms with Gasteiger partial charge in [-0.3, -0.25) is 5.43 Å². The number of hydrazine groups is 1. The number of aromatic nitrogens is 2. The van der Waals surface area contributed by atoms with E-state index in [9.17, 15) is 4.79 Å². The lowest BCUT2D eigenvalue weighted by Crippen LogP contribution is -2.47. The highest BCUT2D eigenvalue weighted by Gasteiger charge is 2.16. The quantitative estimate of drug-likeness (QED) is 0.806. The minimum absolute atomic E-state index is 0.347. The summed E-state index contributed by atoms with van der Waals surface area (Å²) in [7, 11) is 2.10. The van der Waals surface area contributed by atoms with Gasteiger partial charge in [-0.05, 0) is 20.9 Å². The van der Waals surface area contributed by atoms with E-state index in [4.69, 9.17) is 4.74 Å². The van der Waals surface area contributed by atoms with Gasteiger partial charge in [0.2, 0.25) is 5.95 Å². The van der Waals surface area contributed by atoms with Crippen molar-refractivity contribution in [1.82, 2.24) is 19.9 Å². The molecule has 1 aromatic rings. The molecule has 1 aliphatic heterocycles. The number of carbonyl (C=O) groups excluding carboxylic acids is 1. The van der Waals surface area contributed by atoms with Crippen LogP contribution in [0.15, 0.2) is 6.20 Å². The molecule has 2 rings (SSSR count). The summed E-state index contributed by atoms with van der Waals surface area (Å²) in [6.07, 6.45) is 1.51. The van der Waals surface area contributed by atoms with Crippen LogP contribution in [0.1, 0.15) is 23.0 Å². The Balaban J connectivity index is 2.00. The number of rotatable bonds is 4. The van der Waals surface area contributed by atoms with Gasteiger partial charge in [-0.2, -0.15) is 0 Å². The molecular weight excluding hydrogens is 258 g/mol. The highest BCUT2D eigenvalue weighted by atomic mass is 16.5. The van der Waals surface area contributed by atoms with Gasteiger partial charge >= 0.3 is 5.97 Å². The molecule has 0 spiro atoms. The van der Waals surface area contributed by atoms with E-state index >= 15 is 0 Å². The first-order chi connectivity index (χ1) is 9.60. The van der Waals surface area contributed by atoms with E-state index in [1.807, 2.05) is 0 Å². The number of hydrogen-bond acceptors (Lipinski definition) is 7. The molecule has 1 N–H and O–H groups in total. The third-order valence-corrected chi connectivity index (χ3v) is 3.24. The lowest BCUT2D eigenvalue weighted by atomic mass is 10.2. The maximum absolute atomic E-state index is 11.7. The number of esters is 1. The smallest absolute Gasteiger partial charge is 0.341 e. The number of piperazine rings is 1. The van der Waals surface area contributed by atoms with Crippen LogP contribution < -0.4 is 5.43 Å². The second-order valence-electron chi connectivity index (χ2n) is 4.82. The van der Waals surface area contributed by atoms with Crippen LogP contribution in [0, 0.1) is 6.92 Å². The summed E-state index contributed by atoms with van der Waals surface area (Å²) in [4.78, 5) is 22.4. The zero-order valence-electron chi connectivity index (χ0n) is 12.2. The van der Waals surface area contributed by atoms with E-state index in [1.165, 1.54) is 6.20 Å². The molecule has 0 bridgehead atoms. The van der Waals surface area contributed by atoms with Gasteiger partial charge in [-0.25, -0.2) is 19.8 Å². The molecule has 0 saturated carbocycles. The summed E-state index contributed by atoms with van der Waals surface area (Å²) in [5, 5.41) is 2.08. The summed E-state index contributed by atoms with van der Waals surface area (Å²) in [5.41, 5.74) is 4.21. The van der Waals surface area contributed by atoms with Gasteiger partial charge in [0.1, 0.15) is 0 Å². The van der Waals surface area contributed by atoms with Gasteiger partial charge in [0.15, 0.2) is 0 Å². The van der Waals surface area contributed by atoms with Gasteiger partial charge in [-0.15, -0.1) is 0 Å². The highest BCUT2D eigenvalue weighted by molar-refractivity contribution is 5.90. The molecular formula is C13H21N5O2. The van der Waals surface area contributed by atoms with Crippen LogP contribution >= 0.6 is 0 Å². The van der Waals surface area contributed by atoms with E-state index in [-0.39, 0.29) is 5.97 Å². The van der Waals surface area contributed by atoms with Crippen LogP contribution in [0.5, 0.6) is 0 Å². The Morgan fingerprint density at radius 1 is 1.40 bits per heavy atom. The van der Waals surface area contributed by atoms with Gasteiger partial charge in [0, 0.05) is 32.4 Å². The van der Waals surface area contributed by atoms with Gasteiger partial charge < -0.3 is 9.64 Å². The van der Waals surface area contributed by atoms with E-state index in [2.05, 4.69) is 32.4 Å². The third kappa shape index (κ3) is 3.64. The fourth-order valence-corrected chi connectivity index (χ4v) is 1.99. The summed E-state index contributed by atoms with van der Waals surface area (Å²) in [5.74, 6) is 0.135. The molecule has 1 aliphatic rings. The highest BCUT2D eigenvalue weighted by Crippen LogP contribution is 2.10. The van der Waals surface area contributed by atoms with Crippen molar-refractivity contribution in [3.63, 3.8) is 0 Å². The first-order valence-corrected chi connectivity index (χ1v) is 6.81. The predicted octanol–water partition coefficient (Wildman–Crippen LogP) is 0.536. The van der Waals surface area contributed by atoms with Crippen molar-refractivity contribution in [2.24, 2.45) is 0 Å². The number of nitrogens with one attached hydrogen (secondary N) is 1. The molecule has 1 saturated heterocycles. The molecule has 0 atom stereocenters. The summed E-state index contributed by atoms with van der Waals surface area (Å²) < 4.78 is 4.96. The molecule has 0 unspecified atom stereocenters. The molecule has 110 valence electrons. The molecule has 0 amide bonds. The maximum Gasteiger partial charge on any atom is 0.341 e. The van der Waals surface area contributed by atoms with Gasteiger partial charge in [-0.1, -0.05) is 0 Å². The normalized spacial score (nSPS) is 16.9. The Morgan fingerprint density at radius 2 is 2.10 bits per heavy atom. The number of nitrogens with zero attached hydrogens (tertiary/aromatic N) is 4. The first-order valence-electron chi connectivity index (χ1n) is 6.81. The second-order valence-corrected chi connectivity index (χ2v) is 4.82. The predicted molar refractivity (Wildman–Crippen MR) is 75.4 cm³/mol. The van der Waals surface area contributed by atoms with Crippen LogP contribution in [-0.2, 0) is 4.74 Å². The fraction of sp³-hybridized carbons (Fsp3) is 0.615. The lowest BCUT2D eigenvalue weighted by molar-refractivity contribution is 0.0524. The van der Waals surface area contributed by atoms with Crippen LogP contribution in [-0.4, -0.2) is 65.7 Å². The Hall–Kier alpha value is -1.73. The fourth-order valence-electron chi connectivity index (χ4n) is 1.99. The Kier molecular flexibility index (Phi) is 4.86. The molecule has 1 aromatic heterocycles. The monoisotopic (exact) mass is 279 g/mol. The van der Waals surface area contributed by atoms with Crippen molar-refractivity contribution in [3.8, 4) is 0 Å². The molecule has 7 heteroatoms. The van der Waals surface area contributed by atoms with E-state index in [0.717, 1.165) is 26.2 Å². The van der Waals surface area contributed by atoms with E-state index in [0.29, 0.717) is 23.8 Å². The van der Waals surface area contributed by atoms with Crippen molar-refractivity contribution in [2.45, 2.75) is 13.8 Å². The van der Waals surface area contributed by atoms with Gasteiger partial charge in [0.25, 0.3) is 0 Å². The lowest BCUT2D eigenvalue weighted by Gasteiger charge is -2.32. The Morgan fingerprint density at radius 3 is 2.70 bits per heavy atom. The van der Waals surface area contributed by atoms with Crippen molar-refractivity contribution >= 4 is 11.9 Å². The minimum Gasteiger partial charge on any atom is -0.462 e. The maximum atomic E-state index is 11.7. The molecule has 0 aromatic carbocycles. The molecule has 0 radical (unpaired) electrons. The summed E-state index contributed by atoms with van der Waals surface area (Å²) in [6.45, 7) is 7.75. The number of carbonyl (C=O) groups is 1. The average molecular weight is 279 g/mol. The largest absolute Gasteiger partial charge is 0.462 e. The number of likely N-dealkylation sites (N-methyl/N-ethyl adjacent to an activating group) is 1. The van der Waals surface area contributed by atoms with E-state index < -0.39 is 0 Å². The SMILES string of the molecule is CCOC(=O)c1cnc(NN2CCN(C)CC2)nc1C. The number of anilines is 1. The van der Waals surface area contributed by atoms with Crippen LogP contribution in [0.25, 0.3) is 0 Å². The van der Waals surface area contributed by atoms with Crippen LogP contribution in [0.2, 0.25) is 0 Å². The number of aryl methyl sites for hydroxylation is 1. The van der Waals surface area contributed by atoms with Crippen molar-refractivity contribution < 1.29 is 9.53 Å². The van der Waals surface area contributed by atoms with Crippen LogP contribution in [0.4, 0.5) is 5.95 Å². The van der Waals surface area contributed by atoms with Gasteiger partial charge in [0.05, 0.1) is 17.9 Å². The molecule has 20 heavy (non-hydrogen) atoms. The summed E-state index contributed by atoms with van der Waals surface area (Å²) in [6, 6.07) is 0. The molecule has 1 fully saturated rings. The van der Waals surface area contributed by atoms with Crippen molar-refractivity contribution in [1.29, 1.82) is 0 Å². The zero-order chi connectivity index (χ0) is 14.5. The summed E-state index contributed by atoms with van der Waals surface area (Å²) >= 11 is 0. The standard InChI is InChI=1S/C13H21N5O2/c1-4-20-12(19)11-9-14-13(15-10(11)2)16-18-7-5-17(3)6-8-18/h9H,4-8H2,1-3H3,(H,14,15,16). The zero-order valence-corrected chi connectivity index (χ0v) is 12.2. The number of ether oxygens (including phenoxy) is 1. The average Bonchev–Trinajstić information content (AvgIpc) is 2.42. The Bertz CT molecular complexity index is 472. The molecule has 0 aliphatic carbocycles. The van der Waals surface area contributed by atoms with E-state index in [1.54, 1.807) is 13.8 Å². The number of hydrogen-bond donors (Lipinski definition) is 1. The van der Waals surface area contributed by atoms with Crippen molar-refractivity contribution in [2.75, 3.05) is 45.3 Å².